The van der Waals surface area contributed by atoms with Gasteiger partial charge in [0.1, 0.15) is 22.8 Å². The molecule has 3 aromatic rings. The molecule has 1 amide bonds. The van der Waals surface area contributed by atoms with Gasteiger partial charge in [-0.15, -0.1) is 0 Å². The van der Waals surface area contributed by atoms with Gasteiger partial charge in [-0.25, -0.2) is 4.79 Å². The lowest BCUT2D eigenvalue weighted by atomic mass is 10.1. The zero-order valence-electron chi connectivity index (χ0n) is 16.7. The van der Waals surface area contributed by atoms with Gasteiger partial charge in [-0.2, -0.15) is 0 Å². The van der Waals surface area contributed by atoms with E-state index >= 15 is 0 Å². The Labute approximate surface area is 169 Å². The quantitative estimate of drug-likeness (QED) is 0.656. The lowest BCUT2D eigenvalue weighted by molar-refractivity contribution is 0.102. The van der Waals surface area contributed by atoms with Gasteiger partial charge in [0.15, 0.2) is 0 Å². The van der Waals surface area contributed by atoms with Crippen LogP contribution in [0.25, 0.3) is 0 Å². The Morgan fingerprint density at radius 1 is 1.00 bits per heavy atom. The maximum Gasteiger partial charge on any atom is 0.349 e. The predicted octanol–water partition coefficient (Wildman–Crippen LogP) is 4.00. The number of hydrogen-bond acceptors (Lipinski definition) is 5. The predicted molar refractivity (Wildman–Crippen MR) is 111 cm³/mol. The van der Waals surface area contributed by atoms with Gasteiger partial charge in [-0.05, 0) is 54.8 Å². The standard InChI is InChI=1S/C23H23NO5/c1-15-14-18(13-10-16-8-11-17(27-2)12-9-16)29-23(26)21(15)22(25)24-19-6-4-5-7-20(19)28-3/h4-9,11-12,14H,10,13H2,1-3H3,(H,24,25). The summed E-state index contributed by atoms with van der Waals surface area (Å²) in [5.74, 6) is 1.32. The van der Waals surface area contributed by atoms with Crippen molar-refractivity contribution in [2.75, 3.05) is 19.5 Å². The molecule has 0 saturated carbocycles. The average Bonchev–Trinajstić information content (AvgIpc) is 2.72. The highest BCUT2D eigenvalue weighted by Gasteiger charge is 2.18. The van der Waals surface area contributed by atoms with Crippen LogP contribution in [0.1, 0.15) is 27.2 Å². The molecule has 0 aliphatic rings. The molecule has 2 aromatic carbocycles. The molecule has 1 heterocycles. The summed E-state index contributed by atoms with van der Waals surface area (Å²) in [6.45, 7) is 1.73. The van der Waals surface area contributed by atoms with E-state index in [1.807, 2.05) is 24.3 Å². The first-order chi connectivity index (χ1) is 14.0. The molecule has 0 radical (unpaired) electrons. The number of aryl methyl sites for hydroxylation is 3. The second-order valence-corrected chi connectivity index (χ2v) is 6.56. The van der Waals surface area contributed by atoms with Gasteiger partial charge in [0, 0.05) is 6.42 Å². The average molecular weight is 393 g/mol. The minimum atomic E-state index is -0.651. The summed E-state index contributed by atoms with van der Waals surface area (Å²) in [5.41, 5.74) is 1.50. The highest BCUT2D eigenvalue weighted by Crippen LogP contribution is 2.24. The number of nitrogens with one attached hydrogen (secondary N) is 1. The fourth-order valence-electron chi connectivity index (χ4n) is 3.06. The Morgan fingerprint density at radius 2 is 1.72 bits per heavy atom. The molecule has 0 saturated heterocycles. The van der Waals surface area contributed by atoms with Crippen molar-refractivity contribution in [3.05, 3.63) is 87.5 Å². The first kappa shape index (κ1) is 20.2. The summed E-state index contributed by atoms with van der Waals surface area (Å²) >= 11 is 0. The second kappa shape index (κ2) is 9.10. The summed E-state index contributed by atoms with van der Waals surface area (Å²) < 4.78 is 15.8. The fraction of sp³-hybridized carbons (Fsp3) is 0.217. The summed E-state index contributed by atoms with van der Waals surface area (Å²) in [5, 5.41) is 2.71. The largest absolute Gasteiger partial charge is 0.497 e. The van der Waals surface area contributed by atoms with E-state index in [1.54, 1.807) is 44.4 Å². The van der Waals surface area contributed by atoms with Crippen LogP contribution < -0.4 is 20.4 Å². The number of para-hydroxylation sites is 2. The van der Waals surface area contributed by atoms with Crippen LogP contribution in [-0.2, 0) is 12.8 Å². The zero-order chi connectivity index (χ0) is 20.8. The van der Waals surface area contributed by atoms with Gasteiger partial charge in [0.05, 0.1) is 19.9 Å². The molecular formula is C23H23NO5. The van der Waals surface area contributed by atoms with E-state index in [9.17, 15) is 9.59 Å². The third-order valence-electron chi connectivity index (χ3n) is 4.60. The van der Waals surface area contributed by atoms with Crippen LogP contribution in [-0.4, -0.2) is 20.1 Å². The smallest absolute Gasteiger partial charge is 0.349 e. The van der Waals surface area contributed by atoms with Gasteiger partial charge < -0.3 is 19.2 Å². The van der Waals surface area contributed by atoms with Gasteiger partial charge in [0.2, 0.25) is 0 Å². The molecule has 0 aliphatic carbocycles. The van der Waals surface area contributed by atoms with Gasteiger partial charge in [-0.1, -0.05) is 24.3 Å². The van der Waals surface area contributed by atoms with Gasteiger partial charge >= 0.3 is 5.63 Å². The molecule has 0 fully saturated rings. The number of hydrogen-bond donors (Lipinski definition) is 1. The fourth-order valence-corrected chi connectivity index (χ4v) is 3.06. The number of benzene rings is 2. The molecule has 3 rings (SSSR count). The Bertz CT molecular complexity index is 1050. The third-order valence-corrected chi connectivity index (χ3v) is 4.60. The van der Waals surface area contributed by atoms with Crippen molar-refractivity contribution < 1.29 is 18.7 Å². The monoisotopic (exact) mass is 393 g/mol. The molecule has 1 aromatic heterocycles. The zero-order valence-corrected chi connectivity index (χ0v) is 16.7. The Hall–Kier alpha value is -3.54. The molecule has 0 atom stereocenters. The molecule has 0 spiro atoms. The van der Waals surface area contributed by atoms with Gasteiger partial charge in [-0.3, -0.25) is 4.79 Å². The number of carbonyl (C=O) groups excluding carboxylic acids is 1. The highest BCUT2D eigenvalue weighted by molar-refractivity contribution is 6.05. The van der Waals surface area contributed by atoms with E-state index in [0.29, 0.717) is 35.6 Å². The Morgan fingerprint density at radius 3 is 2.38 bits per heavy atom. The van der Waals surface area contributed by atoms with Crippen LogP contribution in [0.3, 0.4) is 0 Å². The second-order valence-electron chi connectivity index (χ2n) is 6.56. The van der Waals surface area contributed by atoms with Crippen molar-refractivity contribution in [1.29, 1.82) is 0 Å². The molecule has 0 unspecified atom stereocenters. The molecule has 150 valence electrons. The van der Waals surface area contributed by atoms with Crippen LogP contribution in [0.4, 0.5) is 5.69 Å². The van der Waals surface area contributed by atoms with Crippen LogP contribution in [0.15, 0.2) is 63.8 Å². The highest BCUT2D eigenvalue weighted by atomic mass is 16.5. The van der Waals surface area contributed by atoms with Crippen LogP contribution in [0.2, 0.25) is 0 Å². The van der Waals surface area contributed by atoms with E-state index < -0.39 is 11.5 Å². The van der Waals surface area contributed by atoms with Crippen LogP contribution in [0.5, 0.6) is 11.5 Å². The lowest BCUT2D eigenvalue weighted by Crippen LogP contribution is -2.23. The lowest BCUT2D eigenvalue weighted by Gasteiger charge is -2.11. The minimum absolute atomic E-state index is 0.0101. The molecule has 0 bridgehead atoms. The summed E-state index contributed by atoms with van der Waals surface area (Å²) in [7, 11) is 3.14. The summed E-state index contributed by atoms with van der Waals surface area (Å²) in [6.07, 6.45) is 1.26. The van der Waals surface area contributed by atoms with Crippen molar-refractivity contribution in [1.82, 2.24) is 0 Å². The van der Waals surface area contributed by atoms with Crippen LogP contribution >= 0.6 is 0 Å². The van der Waals surface area contributed by atoms with E-state index in [4.69, 9.17) is 13.9 Å². The van der Waals surface area contributed by atoms with Crippen molar-refractivity contribution in [2.24, 2.45) is 0 Å². The van der Waals surface area contributed by atoms with E-state index in [2.05, 4.69) is 5.32 Å². The molecule has 6 nitrogen and oxygen atoms in total. The van der Waals surface area contributed by atoms with Crippen molar-refractivity contribution in [3.63, 3.8) is 0 Å². The molecular weight excluding hydrogens is 370 g/mol. The van der Waals surface area contributed by atoms with E-state index in [-0.39, 0.29) is 5.56 Å². The van der Waals surface area contributed by atoms with Crippen molar-refractivity contribution >= 4 is 11.6 Å². The summed E-state index contributed by atoms with van der Waals surface area (Å²) in [4.78, 5) is 25.1. The SMILES string of the molecule is COc1ccc(CCc2cc(C)c(C(=O)Nc3ccccc3OC)c(=O)o2)cc1. The number of rotatable bonds is 7. The molecule has 29 heavy (non-hydrogen) atoms. The molecule has 6 heteroatoms. The Kier molecular flexibility index (Phi) is 6.34. The van der Waals surface area contributed by atoms with E-state index in [0.717, 1.165) is 11.3 Å². The number of amides is 1. The molecule has 0 aliphatic heterocycles. The topological polar surface area (TPSA) is 77.8 Å². The molecule has 1 N–H and O–H groups in total. The van der Waals surface area contributed by atoms with Crippen LogP contribution in [0, 0.1) is 6.92 Å². The van der Waals surface area contributed by atoms with Crippen molar-refractivity contribution in [2.45, 2.75) is 19.8 Å². The normalized spacial score (nSPS) is 10.4. The van der Waals surface area contributed by atoms with E-state index in [1.165, 1.54) is 7.11 Å². The first-order valence-electron chi connectivity index (χ1n) is 9.22. The number of carbonyl (C=O) groups is 1. The third kappa shape index (κ3) is 4.85. The number of ether oxygens (including phenoxy) is 2. The Balaban J connectivity index is 1.74. The minimum Gasteiger partial charge on any atom is -0.497 e. The number of methoxy groups -OCH3 is 2. The maximum absolute atomic E-state index is 12.6. The first-order valence-corrected chi connectivity index (χ1v) is 9.22. The summed E-state index contributed by atoms with van der Waals surface area (Å²) in [6, 6.07) is 16.5. The van der Waals surface area contributed by atoms with Gasteiger partial charge in [0.25, 0.3) is 5.91 Å². The van der Waals surface area contributed by atoms with Crippen molar-refractivity contribution in [3.8, 4) is 11.5 Å². The maximum atomic E-state index is 12.6. The number of anilines is 1.